The first-order valence-corrected chi connectivity index (χ1v) is 9.44. The highest BCUT2D eigenvalue weighted by atomic mass is 16.6. The molecule has 0 unspecified atom stereocenters. The fourth-order valence-corrected chi connectivity index (χ4v) is 3.24. The zero-order valence-corrected chi connectivity index (χ0v) is 16.8. The van der Waals surface area contributed by atoms with Gasteiger partial charge in [0.05, 0.1) is 35.0 Å². The van der Waals surface area contributed by atoms with Gasteiger partial charge in [0, 0.05) is 17.4 Å². The summed E-state index contributed by atoms with van der Waals surface area (Å²) in [5.41, 5.74) is 1.17. The lowest BCUT2D eigenvalue weighted by Crippen LogP contribution is -2.13. The van der Waals surface area contributed by atoms with Crippen LogP contribution in [-0.4, -0.2) is 27.9 Å². The van der Waals surface area contributed by atoms with Crippen molar-refractivity contribution < 1.29 is 14.5 Å². The van der Waals surface area contributed by atoms with Crippen LogP contribution in [-0.2, 0) is 0 Å². The third-order valence-electron chi connectivity index (χ3n) is 4.74. The summed E-state index contributed by atoms with van der Waals surface area (Å²) in [6.07, 6.45) is 1.13. The van der Waals surface area contributed by atoms with E-state index in [1.54, 1.807) is 48.5 Å². The van der Waals surface area contributed by atoms with Crippen LogP contribution in [0.15, 0.2) is 71.8 Å². The number of hydrogen-bond acceptors (Lipinski definition) is 7. The molecule has 4 aromatic rings. The first-order chi connectivity index (χ1) is 15.5. The Labute approximate surface area is 181 Å². The van der Waals surface area contributed by atoms with Crippen molar-refractivity contribution in [2.45, 2.75) is 0 Å². The Kier molecular flexibility index (Phi) is 5.49. The van der Waals surface area contributed by atoms with E-state index in [1.807, 2.05) is 0 Å². The van der Waals surface area contributed by atoms with Crippen LogP contribution in [0, 0.1) is 10.1 Å². The number of nitro groups is 1. The standard InChI is InChI=1S/C22H17N5O5/c1-32-18-5-3-2-4-15(18)21(28)26-14-8-6-13(7-9-14)25-16-10-11-17(27(30)31)20-19(16)22(29)24-12-23-20/h2-12,25H,1H3,(H,26,28)(H,23,24,29). The number of carbonyl (C=O) groups excluding carboxylic acids is 1. The number of non-ortho nitro benzene ring substituents is 1. The molecule has 3 aromatic carbocycles. The number of nitrogens with one attached hydrogen (secondary N) is 3. The number of amides is 1. The van der Waals surface area contributed by atoms with Gasteiger partial charge in [0.2, 0.25) is 0 Å². The van der Waals surface area contributed by atoms with Gasteiger partial charge in [-0.2, -0.15) is 0 Å². The number of ether oxygens (including phenoxy) is 1. The number of anilines is 3. The predicted octanol–water partition coefficient (Wildman–Crippen LogP) is 3.84. The quantitative estimate of drug-likeness (QED) is 0.311. The molecule has 10 nitrogen and oxygen atoms in total. The van der Waals surface area contributed by atoms with Crippen LogP contribution in [0.4, 0.5) is 22.7 Å². The van der Waals surface area contributed by atoms with Crippen molar-refractivity contribution >= 4 is 39.6 Å². The average Bonchev–Trinajstić information content (AvgIpc) is 2.80. The summed E-state index contributed by atoms with van der Waals surface area (Å²) < 4.78 is 5.21. The smallest absolute Gasteiger partial charge is 0.295 e. The first-order valence-electron chi connectivity index (χ1n) is 9.44. The maximum atomic E-state index is 12.5. The second kappa shape index (κ2) is 8.56. The minimum Gasteiger partial charge on any atom is -0.496 e. The van der Waals surface area contributed by atoms with Crippen LogP contribution in [0.5, 0.6) is 5.75 Å². The SMILES string of the molecule is COc1ccccc1C(=O)Nc1ccc(Nc2ccc([N+](=O)[O-])c3nc[nH]c(=O)c23)cc1. The molecule has 0 aliphatic rings. The number of rotatable bonds is 6. The highest BCUT2D eigenvalue weighted by Gasteiger charge is 2.18. The van der Waals surface area contributed by atoms with Crippen molar-refractivity contribution in [3.05, 3.63) is 93.0 Å². The minimum absolute atomic E-state index is 0.00978. The Hall–Kier alpha value is -4.73. The van der Waals surface area contributed by atoms with E-state index in [0.29, 0.717) is 28.4 Å². The maximum absolute atomic E-state index is 12.5. The van der Waals surface area contributed by atoms with Crippen LogP contribution >= 0.6 is 0 Å². The van der Waals surface area contributed by atoms with E-state index < -0.39 is 10.5 Å². The molecule has 0 atom stereocenters. The van der Waals surface area contributed by atoms with Crippen molar-refractivity contribution in [2.24, 2.45) is 0 Å². The highest BCUT2D eigenvalue weighted by Crippen LogP contribution is 2.29. The van der Waals surface area contributed by atoms with Crippen molar-refractivity contribution in [1.82, 2.24) is 9.97 Å². The number of H-pyrrole nitrogens is 1. The Balaban J connectivity index is 1.58. The summed E-state index contributed by atoms with van der Waals surface area (Å²) in [6, 6.07) is 16.4. The number of fused-ring (bicyclic) bond motifs is 1. The number of nitrogens with zero attached hydrogens (tertiary/aromatic N) is 2. The minimum atomic E-state index is -0.586. The van der Waals surface area contributed by atoms with Crippen LogP contribution in [0.25, 0.3) is 10.9 Å². The van der Waals surface area contributed by atoms with Gasteiger partial charge in [-0.25, -0.2) is 4.98 Å². The molecule has 160 valence electrons. The number of nitro benzene ring substituents is 1. The number of hydrogen-bond donors (Lipinski definition) is 3. The number of aromatic amines is 1. The van der Waals surface area contributed by atoms with Crippen molar-refractivity contribution in [3.8, 4) is 5.75 Å². The summed E-state index contributed by atoms with van der Waals surface area (Å²) in [5, 5.41) is 17.2. The monoisotopic (exact) mass is 431 g/mol. The summed E-state index contributed by atoms with van der Waals surface area (Å²) in [7, 11) is 1.50. The van der Waals surface area contributed by atoms with Gasteiger partial charge in [0.15, 0.2) is 5.52 Å². The van der Waals surface area contributed by atoms with Gasteiger partial charge in [-0.15, -0.1) is 0 Å². The molecule has 32 heavy (non-hydrogen) atoms. The molecule has 0 saturated heterocycles. The third kappa shape index (κ3) is 3.97. The molecule has 0 bridgehead atoms. The van der Waals surface area contributed by atoms with Crippen LogP contribution in [0.1, 0.15) is 10.4 Å². The molecule has 10 heteroatoms. The molecule has 0 aliphatic heterocycles. The number of methoxy groups -OCH3 is 1. The van der Waals surface area contributed by atoms with Crippen LogP contribution in [0.3, 0.4) is 0 Å². The van der Waals surface area contributed by atoms with Crippen molar-refractivity contribution in [3.63, 3.8) is 0 Å². The molecule has 0 spiro atoms. The fraction of sp³-hybridized carbons (Fsp3) is 0.0455. The second-order valence-corrected chi connectivity index (χ2v) is 6.70. The van der Waals surface area contributed by atoms with Gasteiger partial charge >= 0.3 is 0 Å². The van der Waals surface area contributed by atoms with E-state index in [1.165, 1.54) is 19.2 Å². The van der Waals surface area contributed by atoms with Crippen LogP contribution < -0.4 is 20.9 Å². The molecule has 0 radical (unpaired) electrons. The molecular formula is C22H17N5O5. The highest BCUT2D eigenvalue weighted by molar-refractivity contribution is 6.06. The molecule has 1 heterocycles. The fourth-order valence-electron chi connectivity index (χ4n) is 3.24. The topological polar surface area (TPSA) is 139 Å². The zero-order valence-electron chi connectivity index (χ0n) is 16.8. The van der Waals surface area contributed by atoms with Crippen LogP contribution in [0.2, 0.25) is 0 Å². The van der Waals surface area contributed by atoms with E-state index in [9.17, 15) is 19.7 Å². The van der Waals surface area contributed by atoms with Gasteiger partial charge < -0.3 is 20.4 Å². The molecular weight excluding hydrogens is 414 g/mol. The number of para-hydroxylation sites is 1. The molecule has 4 rings (SSSR count). The van der Waals surface area contributed by atoms with Gasteiger partial charge in [0.1, 0.15) is 5.75 Å². The van der Waals surface area contributed by atoms with Crippen molar-refractivity contribution in [1.29, 1.82) is 0 Å². The normalized spacial score (nSPS) is 10.5. The summed E-state index contributed by atoms with van der Waals surface area (Å²) in [5.74, 6) is 0.147. The number of carbonyl (C=O) groups is 1. The lowest BCUT2D eigenvalue weighted by Gasteiger charge is -2.11. The number of aromatic nitrogens is 2. The predicted molar refractivity (Wildman–Crippen MR) is 120 cm³/mol. The Morgan fingerprint density at radius 2 is 1.78 bits per heavy atom. The molecule has 1 aromatic heterocycles. The first kappa shape index (κ1) is 20.5. The molecule has 0 fully saturated rings. The van der Waals surface area contributed by atoms with E-state index in [0.717, 1.165) is 6.33 Å². The molecule has 1 amide bonds. The maximum Gasteiger partial charge on any atom is 0.295 e. The lowest BCUT2D eigenvalue weighted by atomic mass is 10.1. The van der Waals surface area contributed by atoms with E-state index >= 15 is 0 Å². The molecule has 3 N–H and O–H groups in total. The molecule has 0 aliphatic carbocycles. The lowest BCUT2D eigenvalue weighted by molar-refractivity contribution is -0.383. The van der Waals surface area contributed by atoms with Gasteiger partial charge in [-0.1, -0.05) is 12.1 Å². The van der Waals surface area contributed by atoms with Gasteiger partial charge in [-0.3, -0.25) is 19.7 Å². The van der Waals surface area contributed by atoms with Crippen molar-refractivity contribution in [2.75, 3.05) is 17.7 Å². The Morgan fingerprint density at radius 3 is 2.50 bits per heavy atom. The Bertz CT molecular complexity index is 1380. The van der Waals surface area contributed by atoms with E-state index in [2.05, 4.69) is 20.6 Å². The summed E-state index contributed by atoms with van der Waals surface area (Å²) >= 11 is 0. The van der Waals surface area contributed by atoms with E-state index in [-0.39, 0.29) is 22.5 Å². The third-order valence-corrected chi connectivity index (χ3v) is 4.74. The Morgan fingerprint density at radius 1 is 1.06 bits per heavy atom. The summed E-state index contributed by atoms with van der Waals surface area (Å²) in [4.78, 5) is 41.9. The van der Waals surface area contributed by atoms with Gasteiger partial charge in [-0.05, 0) is 42.5 Å². The largest absolute Gasteiger partial charge is 0.496 e. The summed E-state index contributed by atoms with van der Waals surface area (Å²) in [6.45, 7) is 0. The second-order valence-electron chi connectivity index (χ2n) is 6.70. The zero-order chi connectivity index (χ0) is 22.7. The average molecular weight is 431 g/mol. The number of benzene rings is 3. The van der Waals surface area contributed by atoms with E-state index in [4.69, 9.17) is 4.74 Å². The van der Waals surface area contributed by atoms with Gasteiger partial charge in [0.25, 0.3) is 17.2 Å². The molecule has 0 saturated carbocycles.